The largest absolute Gasteiger partial charge is 0.325 e. The Balaban J connectivity index is 2.55. The minimum Gasteiger partial charge on any atom is -0.325 e. The van der Waals surface area contributed by atoms with Gasteiger partial charge in [-0.25, -0.2) is 9.37 Å². The molecule has 1 amide bonds. The number of carbonyl (C=O) groups is 1. The molecule has 15 heavy (non-hydrogen) atoms. The molecular formula is C10H14FN3O. The van der Waals surface area contributed by atoms with Crippen LogP contribution in [0.2, 0.25) is 0 Å². The number of halogens is 1. The Kier molecular flexibility index (Phi) is 3.36. The highest BCUT2D eigenvalue weighted by atomic mass is 19.1. The van der Waals surface area contributed by atoms with Crippen LogP contribution in [0.4, 0.5) is 10.2 Å². The molecule has 4 nitrogen and oxygen atoms in total. The average Bonchev–Trinajstić information content (AvgIpc) is 2.05. The van der Waals surface area contributed by atoms with Gasteiger partial charge in [0, 0.05) is 12.0 Å². The molecule has 1 aromatic rings. The van der Waals surface area contributed by atoms with Crippen molar-refractivity contribution in [1.29, 1.82) is 0 Å². The molecule has 0 spiro atoms. The molecule has 0 aromatic carbocycles. The Morgan fingerprint density at radius 1 is 1.60 bits per heavy atom. The number of carbonyl (C=O) groups excluding carboxylic acids is 1. The lowest BCUT2D eigenvalue weighted by molar-refractivity contribution is -0.117. The van der Waals surface area contributed by atoms with Crippen molar-refractivity contribution >= 4 is 11.7 Å². The van der Waals surface area contributed by atoms with Crippen molar-refractivity contribution in [2.45, 2.75) is 25.8 Å². The van der Waals surface area contributed by atoms with E-state index in [2.05, 4.69) is 10.3 Å². The van der Waals surface area contributed by atoms with E-state index in [0.717, 1.165) is 6.20 Å². The Hall–Kier alpha value is -1.49. The van der Waals surface area contributed by atoms with Gasteiger partial charge in [0.15, 0.2) is 0 Å². The molecule has 82 valence electrons. The van der Waals surface area contributed by atoms with E-state index < -0.39 is 11.4 Å². The first-order chi connectivity index (χ1) is 6.87. The van der Waals surface area contributed by atoms with Crippen LogP contribution < -0.4 is 11.1 Å². The summed E-state index contributed by atoms with van der Waals surface area (Å²) in [7, 11) is 0. The quantitative estimate of drug-likeness (QED) is 0.791. The molecular weight excluding hydrogens is 197 g/mol. The van der Waals surface area contributed by atoms with Crippen molar-refractivity contribution in [1.82, 2.24) is 4.98 Å². The Morgan fingerprint density at radius 2 is 2.27 bits per heavy atom. The molecule has 1 rings (SSSR count). The Labute approximate surface area is 87.7 Å². The molecule has 0 bridgehead atoms. The van der Waals surface area contributed by atoms with Gasteiger partial charge in [0.1, 0.15) is 11.6 Å². The lowest BCUT2D eigenvalue weighted by Crippen LogP contribution is -2.36. The van der Waals surface area contributed by atoms with Crippen LogP contribution >= 0.6 is 0 Å². The summed E-state index contributed by atoms with van der Waals surface area (Å²) in [5.41, 5.74) is 5.11. The summed E-state index contributed by atoms with van der Waals surface area (Å²) in [4.78, 5) is 15.1. The van der Waals surface area contributed by atoms with Gasteiger partial charge >= 0.3 is 0 Å². The van der Waals surface area contributed by atoms with E-state index in [-0.39, 0.29) is 12.3 Å². The molecule has 0 aliphatic carbocycles. The molecule has 0 fully saturated rings. The zero-order valence-corrected chi connectivity index (χ0v) is 8.75. The number of aromatic nitrogens is 1. The molecule has 0 unspecified atom stereocenters. The minimum atomic E-state index is -0.565. The average molecular weight is 211 g/mol. The highest BCUT2D eigenvalue weighted by Crippen LogP contribution is 2.08. The van der Waals surface area contributed by atoms with Gasteiger partial charge in [0.2, 0.25) is 5.91 Å². The molecule has 0 radical (unpaired) electrons. The van der Waals surface area contributed by atoms with E-state index in [0.29, 0.717) is 5.82 Å². The summed E-state index contributed by atoms with van der Waals surface area (Å²) in [6.45, 7) is 3.51. The van der Waals surface area contributed by atoms with Gasteiger partial charge in [-0.15, -0.1) is 0 Å². The van der Waals surface area contributed by atoms with Crippen molar-refractivity contribution in [3.8, 4) is 0 Å². The smallest absolute Gasteiger partial charge is 0.227 e. The van der Waals surface area contributed by atoms with Crippen molar-refractivity contribution < 1.29 is 9.18 Å². The highest BCUT2D eigenvalue weighted by molar-refractivity contribution is 5.90. The molecule has 5 heteroatoms. The number of rotatable bonds is 3. The predicted octanol–water partition coefficient (Wildman–Crippen LogP) is 1.29. The fourth-order valence-electron chi connectivity index (χ4n) is 1.05. The summed E-state index contributed by atoms with van der Waals surface area (Å²) in [6.07, 6.45) is 1.23. The number of hydrogen-bond acceptors (Lipinski definition) is 3. The van der Waals surface area contributed by atoms with E-state index in [9.17, 15) is 9.18 Å². The third-order valence-electron chi connectivity index (χ3n) is 1.61. The molecule has 0 atom stereocenters. The molecule has 1 heterocycles. The maximum absolute atomic E-state index is 12.5. The van der Waals surface area contributed by atoms with E-state index in [1.165, 1.54) is 12.1 Å². The van der Waals surface area contributed by atoms with Crippen LogP contribution in [0.5, 0.6) is 0 Å². The topological polar surface area (TPSA) is 68.0 Å². The van der Waals surface area contributed by atoms with Gasteiger partial charge in [-0.1, -0.05) is 0 Å². The van der Waals surface area contributed by atoms with Gasteiger partial charge in [-0.05, 0) is 26.0 Å². The SMILES string of the molecule is CC(C)(N)CC(=O)Nc1ccc(F)cn1. The zero-order valence-electron chi connectivity index (χ0n) is 8.75. The van der Waals surface area contributed by atoms with Gasteiger partial charge in [0.25, 0.3) is 0 Å². The zero-order chi connectivity index (χ0) is 11.5. The number of anilines is 1. The van der Waals surface area contributed by atoms with Gasteiger partial charge in [-0.3, -0.25) is 4.79 Å². The number of amides is 1. The number of nitrogens with zero attached hydrogens (tertiary/aromatic N) is 1. The van der Waals surface area contributed by atoms with Crippen molar-refractivity contribution in [2.24, 2.45) is 5.73 Å². The summed E-state index contributed by atoms with van der Waals surface area (Å²) in [5.74, 6) is -0.348. The van der Waals surface area contributed by atoms with E-state index >= 15 is 0 Å². The summed E-state index contributed by atoms with van der Waals surface area (Å²) in [5, 5.41) is 2.53. The molecule has 0 aliphatic heterocycles. The number of hydrogen-bond donors (Lipinski definition) is 2. The van der Waals surface area contributed by atoms with Crippen molar-refractivity contribution in [2.75, 3.05) is 5.32 Å². The summed E-state index contributed by atoms with van der Waals surface area (Å²) in [6, 6.07) is 2.63. The molecule has 0 saturated carbocycles. The fourth-order valence-corrected chi connectivity index (χ4v) is 1.05. The first-order valence-corrected chi connectivity index (χ1v) is 4.57. The highest BCUT2D eigenvalue weighted by Gasteiger charge is 2.16. The van der Waals surface area contributed by atoms with E-state index in [4.69, 9.17) is 5.73 Å². The minimum absolute atomic E-state index is 0.187. The first kappa shape index (κ1) is 11.6. The number of nitrogens with two attached hydrogens (primary N) is 1. The molecule has 0 aliphatic rings. The van der Waals surface area contributed by atoms with Crippen LogP contribution in [-0.2, 0) is 4.79 Å². The van der Waals surface area contributed by atoms with Crippen LogP contribution in [0, 0.1) is 5.82 Å². The maximum Gasteiger partial charge on any atom is 0.227 e. The lowest BCUT2D eigenvalue weighted by Gasteiger charge is -2.17. The monoisotopic (exact) mass is 211 g/mol. The summed E-state index contributed by atoms with van der Waals surface area (Å²) < 4.78 is 12.5. The second-order valence-electron chi connectivity index (χ2n) is 4.08. The van der Waals surface area contributed by atoms with Crippen LogP contribution in [0.25, 0.3) is 0 Å². The van der Waals surface area contributed by atoms with Crippen molar-refractivity contribution in [3.63, 3.8) is 0 Å². The van der Waals surface area contributed by atoms with E-state index in [1.807, 2.05) is 0 Å². The van der Waals surface area contributed by atoms with Crippen LogP contribution in [0.1, 0.15) is 20.3 Å². The second-order valence-corrected chi connectivity index (χ2v) is 4.08. The van der Waals surface area contributed by atoms with Crippen molar-refractivity contribution in [3.05, 3.63) is 24.1 Å². The molecule has 0 saturated heterocycles. The first-order valence-electron chi connectivity index (χ1n) is 4.57. The predicted molar refractivity (Wildman–Crippen MR) is 55.7 cm³/mol. The van der Waals surface area contributed by atoms with Gasteiger partial charge < -0.3 is 11.1 Å². The Bertz CT molecular complexity index is 343. The third kappa shape index (κ3) is 4.51. The maximum atomic E-state index is 12.5. The van der Waals surface area contributed by atoms with Gasteiger partial charge in [-0.2, -0.15) is 0 Å². The third-order valence-corrected chi connectivity index (χ3v) is 1.61. The van der Waals surface area contributed by atoms with E-state index in [1.54, 1.807) is 13.8 Å². The summed E-state index contributed by atoms with van der Waals surface area (Å²) >= 11 is 0. The Morgan fingerprint density at radius 3 is 2.73 bits per heavy atom. The standard InChI is InChI=1S/C10H14FN3O/c1-10(2,12)5-9(15)14-8-4-3-7(11)6-13-8/h3-4,6H,5,12H2,1-2H3,(H,13,14,15). The lowest BCUT2D eigenvalue weighted by atomic mass is 10.0. The molecule has 1 aromatic heterocycles. The second kappa shape index (κ2) is 4.35. The normalized spacial score (nSPS) is 11.2. The van der Waals surface area contributed by atoms with Crippen LogP contribution in [-0.4, -0.2) is 16.4 Å². The fraction of sp³-hybridized carbons (Fsp3) is 0.400. The van der Waals surface area contributed by atoms with Crippen LogP contribution in [0.15, 0.2) is 18.3 Å². The number of pyridine rings is 1. The number of nitrogens with one attached hydrogen (secondary N) is 1. The van der Waals surface area contributed by atoms with Gasteiger partial charge in [0.05, 0.1) is 6.20 Å². The van der Waals surface area contributed by atoms with Crippen LogP contribution in [0.3, 0.4) is 0 Å². The molecule has 3 N–H and O–H groups in total.